The van der Waals surface area contributed by atoms with E-state index in [0.717, 1.165) is 21.6 Å². The minimum Gasteiger partial charge on any atom is -0.354 e. The fraction of sp³-hybridized carbons (Fsp3) is 0. The van der Waals surface area contributed by atoms with Crippen LogP contribution in [0.3, 0.4) is 0 Å². The highest BCUT2D eigenvalue weighted by Gasteiger charge is 2.11. The van der Waals surface area contributed by atoms with E-state index in [4.69, 9.17) is 0 Å². The van der Waals surface area contributed by atoms with Crippen molar-refractivity contribution in [1.82, 2.24) is 9.97 Å². The van der Waals surface area contributed by atoms with Crippen molar-refractivity contribution in [2.24, 2.45) is 0 Å². The zero-order chi connectivity index (χ0) is 13.5. The molecule has 4 heteroatoms. The number of H-pyrrole nitrogens is 1. The number of aromatic amines is 1. The van der Waals surface area contributed by atoms with E-state index in [0.29, 0.717) is 10.8 Å². The third-order valence-corrected chi connectivity index (χ3v) is 4.20. The normalized spacial score (nSPS) is 11.2. The Kier molecular flexibility index (Phi) is 2.44. The summed E-state index contributed by atoms with van der Waals surface area (Å²) in [6, 6.07) is 13.4. The molecule has 0 radical (unpaired) electrons. The molecule has 1 N–H and O–H groups in total. The number of fused-ring (bicyclic) bond motifs is 2. The number of rotatable bonds is 1. The highest BCUT2D eigenvalue weighted by molar-refractivity contribution is 7.13. The van der Waals surface area contributed by atoms with Crippen LogP contribution >= 0.6 is 11.3 Å². The maximum Gasteiger partial charge on any atom is 0.197 e. The van der Waals surface area contributed by atoms with E-state index in [1.807, 2.05) is 47.8 Å². The molecule has 2 aromatic carbocycles. The molecule has 0 spiro atoms. The molecule has 0 unspecified atom stereocenters. The molecule has 0 atom stereocenters. The van der Waals surface area contributed by atoms with Crippen LogP contribution in [0.1, 0.15) is 0 Å². The summed E-state index contributed by atoms with van der Waals surface area (Å²) in [5.41, 5.74) is 2.66. The molecular weight excluding hydrogens is 268 g/mol. The van der Waals surface area contributed by atoms with Gasteiger partial charge in [0, 0.05) is 28.0 Å². The molecule has 3 nitrogen and oxygen atoms in total. The second kappa shape index (κ2) is 4.28. The first-order chi connectivity index (χ1) is 9.84. The van der Waals surface area contributed by atoms with E-state index in [1.165, 1.54) is 0 Å². The lowest BCUT2D eigenvalue weighted by Crippen LogP contribution is -2.05. The highest BCUT2D eigenvalue weighted by atomic mass is 32.1. The quantitative estimate of drug-likeness (QED) is 0.538. The number of nitrogens with zero attached hydrogens (tertiary/aromatic N) is 1. The lowest BCUT2D eigenvalue weighted by Gasteiger charge is -2.06. The number of thiazole rings is 1. The average molecular weight is 278 g/mol. The number of nitrogens with one attached hydrogen (secondary N) is 1. The van der Waals surface area contributed by atoms with Gasteiger partial charge in [0.1, 0.15) is 5.01 Å². The van der Waals surface area contributed by atoms with Crippen molar-refractivity contribution in [1.29, 1.82) is 0 Å². The smallest absolute Gasteiger partial charge is 0.197 e. The summed E-state index contributed by atoms with van der Waals surface area (Å²) >= 11 is 1.54. The molecule has 0 saturated heterocycles. The maximum atomic E-state index is 12.8. The Bertz CT molecular complexity index is 971. The van der Waals surface area contributed by atoms with Gasteiger partial charge in [-0.2, -0.15) is 0 Å². The Morgan fingerprint density at radius 1 is 1.00 bits per heavy atom. The number of aromatic nitrogens is 2. The zero-order valence-corrected chi connectivity index (χ0v) is 11.3. The molecule has 2 heterocycles. The fourth-order valence-electron chi connectivity index (χ4n) is 2.51. The van der Waals surface area contributed by atoms with E-state index in [-0.39, 0.29) is 5.43 Å². The zero-order valence-electron chi connectivity index (χ0n) is 10.5. The second-order valence-corrected chi connectivity index (χ2v) is 5.46. The second-order valence-electron chi connectivity index (χ2n) is 4.57. The summed E-state index contributed by atoms with van der Waals surface area (Å²) in [6.07, 6.45) is 1.76. The number of benzene rings is 2. The summed E-state index contributed by atoms with van der Waals surface area (Å²) in [5.74, 6) is 0. The molecule has 0 aliphatic heterocycles. The molecule has 20 heavy (non-hydrogen) atoms. The Balaban J connectivity index is 2.23. The van der Waals surface area contributed by atoms with Crippen LogP contribution in [-0.4, -0.2) is 9.97 Å². The molecule has 4 rings (SSSR count). The van der Waals surface area contributed by atoms with E-state index in [9.17, 15) is 4.79 Å². The Labute approximate surface area is 118 Å². The third kappa shape index (κ3) is 1.58. The minimum atomic E-state index is 0.0557. The standard InChI is InChI=1S/C16H10N2OS/c19-15-10-4-1-2-6-12(10)18-13-7-3-5-11(14(13)15)16-17-8-9-20-16/h1-9H,(H,18,19). The van der Waals surface area contributed by atoms with Crippen LogP contribution in [0.5, 0.6) is 0 Å². The molecule has 96 valence electrons. The van der Waals surface area contributed by atoms with Crippen molar-refractivity contribution in [3.8, 4) is 10.6 Å². The summed E-state index contributed by atoms with van der Waals surface area (Å²) in [5, 5.41) is 4.21. The molecule has 0 amide bonds. The van der Waals surface area contributed by atoms with Gasteiger partial charge in [0.2, 0.25) is 0 Å². The SMILES string of the molecule is O=c1c2ccccc2[nH]c2cccc(-c3nccs3)c12. The molecule has 0 aliphatic rings. The third-order valence-electron chi connectivity index (χ3n) is 3.40. The molecule has 0 saturated carbocycles. The largest absolute Gasteiger partial charge is 0.354 e. The first-order valence-corrected chi connectivity index (χ1v) is 7.16. The van der Waals surface area contributed by atoms with Gasteiger partial charge in [-0.3, -0.25) is 4.79 Å². The van der Waals surface area contributed by atoms with E-state index in [2.05, 4.69) is 9.97 Å². The molecular formula is C16H10N2OS. The van der Waals surface area contributed by atoms with Crippen LogP contribution < -0.4 is 5.43 Å². The lowest BCUT2D eigenvalue weighted by molar-refractivity contribution is 1.41. The summed E-state index contributed by atoms with van der Waals surface area (Å²) < 4.78 is 0. The van der Waals surface area contributed by atoms with Gasteiger partial charge >= 0.3 is 0 Å². The van der Waals surface area contributed by atoms with Crippen molar-refractivity contribution in [3.63, 3.8) is 0 Å². The van der Waals surface area contributed by atoms with Crippen LogP contribution in [0.4, 0.5) is 0 Å². The number of para-hydroxylation sites is 1. The monoisotopic (exact) mass is 278 g/mol. The first kappa shape index (κ1) is 11.4. The Morgan fingerprint density at radius 3 is 2.70 bits per heavy atom. The van der Waals surface area contributed by atoms with Crippen LogP contribution in [0, 0.1) is 0 Å². The fourth-order valence-corrected chi connectivity index (χ4v) is 3.18. The summed E-state index contributed by atoms with van der Waals surface area (Å²) in [7, 11) is 0. The first-order valence-electron chi connectivity index (χ1n) is 6.28. The highest BCUT2D eigenvalue weighted by Crippen LogP contribution is 2.28. The van der Waals surface area contributed by atoms with E-state index >= 15 is 0 Å². The average Bonchev–Trinajstić information content (AvgIpc) is 3.01. The van der Waals surface area contributed by atoms with Crippen molar-refractivity contribution in [2.45, 2.75) is 0 Å². The predicted molar refractivity (Wildman–Crippen MR) is 83.2 cm³/mol. The Morgan fingerprint density at radius 2 is 1.85 bits per heavy atom. The number of pyridine rings is 1. The van der Waals surface area contributed by atoms with Crippen molar-refractivity contribution in [2.75, 3.05) is 0 Å². The van der Waals surface area contributed by atoms with E-state index in [1.54, 1.807) is 17.5 Å². The number of hydrogen-bond acceptors (Lipinski definition) is 3. The van der Waals surface area contributed by atoms with Gasteiger partial charge in [-0.05, 0) is 18.2 Å². The van der Waals surface area contributed by atoms with Gasteiger partial charge in [0.05, 0.1) is 10.9 Å². The van der Waals surface area contributed by atoms with Crippen molar-refractivity contribution >= 4 is 33.1 Å². The van der Waals surface area contributed by atoms with Gasteiger partial charge in [0.15, 0.2) is 5.43 Å². The van der Waals surface area contributed by atoms with Gasteiger partial charge in [-0.1, -0.05) is 24.3 Å². The predicted octanol–water partition coefficient (Wildman–Crippen LogP) is 3.80. The minimum absolute atomic E-state index is 0.0557. The molecule has 4 aromatic rings. The molecule has 2 aromatic heterocycles. The van der Waals surface area contributed by atoms with Crippen molar-refractivity contribution in [3.05, 3.63) is 64.3 Å². The van der Waals surface area contributed by atoms with Gasteiger partial charge < -0.3 is 4.98 Å². The van der Waals surface area contributed by atoms with E-state index < -0.39 is 0 Å². The van der Waals surface area contributed by atoms with Crippen LogP contribution in [0.25, 0.3) is 32.4 Å². The van der Waals surface area contributed by atoms with Crippen molar-refractivity contribution < 1.29 is 0 Å². The molecule has 0 bridgehead atoms. The molecule has 0 fully saturated rings. The van der Waals surface area contributed by atoms with Crippen LogP contribution in [0.15, 0.2) is 58.8 Å². The Hall–Kier alpha value is -2.46. The van der Waals surface area contributed by atoms with Crippen LogP contribution in [0.2, 0.25) is 0 Å². The van der Waals surface area contributed by atoms with Gasteiger partial charge in [-0.15, -0.1) is 11.3 Å². The maximum absolute atomic E-state index is 12.8. The van der Waals surface area contributed by atoms with Gasteiger partial charge in [0.25, 0.3) is 0 Å². The number of hydrogen-bond donors (Lipinski definition) is 1. The summed E-state index contributed by atoms with van der Waals surface area (Å²) in [6.45, 7) is 0. The van der Waals surface area contributed by atoms with Gasteiger partial charge in [-0.25, -0.2) is 4.98 Å². The van der Waals surface area contributed by atoms with Crippen LogP contribution in [-0.2, 0) is 0 Å². The molecule has 0 aliphatic carbocycles. The lowest BCUT2D eigenvalue weighted by atomic mass is 10.1. The summed E-state index contributed by atoms with van der Waals surface area (Å²) in [4.78, 5) is 20.4. The topological polar surface area (TPSA) is 45.8 Å².